The Morgan fingerprint density at radius 1 is 0.864 bits per heavy atom. The molecule has 5 heteroatoms. The maximum absolute atomic E-state index is 14.3. The van der Waals surface area contributed by atoms with Gasteiger partial charge in [-0.3, -0.25) is 0 Å². The van der Waals surface area contributed by atoms with E-state index >= 15 is 0 Å². The van der Waals surface area contributed by atoms with Crippen molar-refractivity contribution < 1.29 is 23.0 Å². The Morgan fingerprint density at radius 2 is 1.45 bits per heavy atom. The Morgan fingerprint density at radius 3 is 2.00 bits per heavy atom. The summed E-state index contributed by atoms with van der Waals surface area (Å²) in [5.74, 6) is -1.79. The maximum Gasteiger partial charge on any atom is 0.201 e. The monoisotopic (exact) mass is 316 g/mol. The summed E-state index contributed by atoms with van der Waals surface area (Å²) in [6, 6.07) is 1.70. The molecule has 0 atom stereocenters. The van der Waals surface area contributed by atoms with E-state index in [4.69, 9.17) is 14.2 Å². The van der Waals surface area contributed by atoms with E-state index in [1.807, 2.05) is 27.7 Å². The molecule has 1 aromatic rings. The molecule has 22 heavy (non-hydrogen) atoms. The van der Waals surface area contributed by atoms with Gasteiger partial charge in [-0.15, -0.1) is 0 Å². The highest BCUT2D eigenvalue weighted by atomic mass is 19.2. The van der Waals surface area contributed by atoms with Gasteiger partial charge in [0, 0.05) is 12.7 Å². The van der Waals surface area contributed by atoms with E-state index in [0.29, 0.717) is 30.9 Å². The van der Waals surface area contributed by atoms with Gasteiger partial charge in [0.2, 0.25) is 5.82 Å². The van der Waals surface area contributed by atoms with Crippen molar-refractivity contribution in [3.8, 4) is 5.75 Å². The van der Waals surface area contributed by atoms with Crippen molar-refractivity contribution in [1.82, 2.24) is 0 Å². The zero-order valence-electron chi connectivity index (χ0n) is 14.0. The minimum absolute atomic E-state index is 0.00718. The second kappa shape index (κ2) is 9.06. The summed E-state index contributed by atoms with van der Waals surface area (Å²) >= 11 is 0. The Labute approximate surface area is 131 Å². The molecule has 0 aromatic heterocycles. The Balaban J connectivity index is 2.86. The smallest absolute Gasteiger partial charge is 0.201 e. The molecule has 0 amide bonds. The van der Waals surface area contributed by atoms with Gasteiger partial charge < -0.3 is 14.2 Å². The minimum atomic E-state index is -0.910. The van der Waals surface area contributed by atoms with Crippen molar-refractivity contribution in [2.75, 3.05) is 33.5 Å². The van der Waals surface area contributed by atoms with Gasteiger partial charge in [-0.1, -0.05) is 27.7 Å². The molecule has 0 unspecified atom stereocenters. The highest BCUT2D eigenvalue weighted by Crippen LogP contribution is 2.35. The Hall–Kier alpha value is -1.20. The number of hydrogen-bond donors (Lipinski definition) is 0. The van der Waals surface area contributed by atoms with E-state index < -0.39 is 11.6 Å². The lowest BCUT2D eigenvalue weighted by atomic mass is 9.94. The SMILES string of the molecule is COCCOCCOc1c(C(C)C)cc(C(C)C)c(F)c1F. The van der Waals surface area contributed by atoms with E-state index in [9.17, 15) is 8.78 Å². The van der Waals surface area contributed by atoms with Crippen LogP contribution in [0.15, 0.2) is 6.07 Å². The molecule has 0 aliphatic rings. The zero-order chi connectivity index (χ0) is 16.7. The number of benzene rings is 1. The first kappa shape index (κ1) is 18.8. The van der Waals surface area contributed by atoms with E-state index in [2.05, 4.69) is 0 Å². The molecular formula is C17H26F2O3. The van der Waals surface area contributed by atoms with Crippen LogP contribution >= 0.6 is 0 Å². The summed E-state index contributed by atoms with van der Waals surface area (Å²) in [5, 5.41) is 0. The van der Waals surface area contributed by atoms with Crippen LogP contribution in [-0.4, -0.2) is 33.5 Å². The van der Waals surface area contributed by atoms with Gasteiger partial charge >= 0.3 is 0 Å². The van der Waals surface area contributed by atoms with Crippen LogP contribution in [0.3, 0.4) is 0 Å². The van der Waals surface area contributed by atoms with Crippen molar-refractivity contribution in [2.24, 2.45) is 0 Å². The fraction of sp³-hybridized carbons (Fsp3) is 0.647. The summed E-state index contributed by atoms with van der Waals surface area (Å²) in [7, 11) is 1.59. The first-order valence-electron chi connectivity index (χ1n) is 7.61. The summed E-state index contributed by atoms with van der Waals surface area (Å²) in [6.07, 6.45) is 0. The maximum atomic E-state index is 14.3. The number of halogens is 2. The Kier molecular flexibility index (Phi) is 7.76. The molecular weight excluding hydrogens is 290 g/mol. The summed E-state index contributed by atoms with van der Waals surface area (Å²) in [4.78, 5) is 0. The average molecular weight is 316 g/mol. The molecule has 0 bridgehead atoms. The Bertz CT molecular complexity index is 473. The highest BCUT2D eigenvalue weighted by molar-refractivity contribution is 5.42. The minimum Gasteiger partial charge on any atom is -0.488 e. The summed E-state index contributed by atoms with van der Waals surface area (Å²) in [6.45, 7) is 8.94. The standard InChI is InChI=1S/C17H26F2O3/c1-11(2)13-10-14(12(3)4)17(16(19)15(13)18)22-9-8-21-7-6-20-5/h10-12H,6-9H2,1-5H3. The molecule has 0 fully saturated rings. The van der Waals surface area contributed by atoms with Crippen molar-refractivity contribution in [1.29, 1.82) is 0 Å². The largest absolute Gasteiger partial charge is 0.488 e. The van der Waals surface area contributed by atoms with Crippen LogP contribution in [0.1, 0.15) is 50.7 Å². The third-order valence-electron chi connectivity index (χ3n) is 3.37. The third kappa shape index (κ3) is 4.92. The van der Waals surface area contributed by atoms with Gasteiger partial charge in [0.1, 0.15) is 6.61 Å². The summed E-state index contributed by atoms with van der Waals surface area (Å²) < 4.78 is 44.0. The number of rotatable bonds is 9. The van der Waals surface area contributed by atoms with Crippen LogP contribution in [-0.2, 0) is 9.47 Å². The van der Waals surface area contributed by atoms with E-state index in [1.165, 1.54) is 0 Å². The van der Waals surface area contributed by atoms with Crippen LogP contribution < -0.4 is 4.74 Å². The predicted octanol–water partition coefficient (Wildman–Crippen LogP) is 4.25. The first-order valence-corrected chi connectivity index (χ1v) is 7.61. The fourth-order valence-corrected chi connectivity index (χ4v) is 2.09. The second-order valence-corrected chi connectivity index (χ2v) is 5.78. The van der Waals surface area contributed by atoms with Crippen molar-refractivity contribution in [3.63, 3.8) is 0 Å². The van der Waals surface area contributed by atoms with Crippen LogP contribution in [0.2, 0.25) is 0 Å². The van der Waals surface area contributed by atoms with Gasteiger partial charge in [-0.25, -0.2) is 4.39 Å². The average Bonchev–Trinajstić information content (AvgIpc) is 2.46. The van der Waals surface area contributed by atoms with Crippen molar-refractivity contribution in [3.05, 3.63) is 28.8 Å². The molecule has 0 aliphatic carbocycles. The first-order chi connectivity index (χ1) is 10.4. The highest BCUT2D eigenvalue weighted by Gasteiger charge is 2.22. The molecule has 0 spiro atoms. The molecule has 1 aromatic carbocycles. The molecule has 126 valence electrons. The van der Waals surface area contributed by atoms with Gasteiger partial charge in [0.05, 0.1) is 19.8 Å². The van der Waals surface area contributed by atoms with Gasteiger partial charge in [-0.05, 0) is 23.5 Å². The summed E-state index contributed by atoms with van der Waals surface area (Å²) in [5.41, 5.74) is 1.06. The number of hydrogen-bond acceptors (Lipinski definition) is 3. The zero-order valence-corrected chi connectivity index (χ0v) is 14.0. The van der Waals surface area contributed by atoms with Crippen molar-refractivity contribution >= 4 is 0 Å². The lowest BCUT2D eigenvalue weighted by Gasteiger charge is -2.19. The lowest BCUT2D eigenvalue weighted by molar-refractivity contribution is 0.0534. The van der Waals surface area contributed by atoms with E-state index in [1.54, 1.807) is 13.2 Å². The number of methoxy groups -OCH3 is 1. The molecule has 0 N–H and O–H groups in total. The molecule has 1 rings (SSSR count). The quantitative estimate of drug-likeness (QED) is 0.637. The van der Waals surface area contributed by atoms with Gasteiger partial charge in [-0.2, -0.15) is 4.39 Å². The predicted molar refractivity (Wildman–Crippen MR) is 82.7 cm³/mol. The van der Waals surface area contributed by atoms with Gasteiger partial charge in [0.15, 0.2) is 11.6 Å². The normalized spacial score (nSPS) is 11.5. The molecule has 3 nitrogen and oxygen atoms in total. The van der Waals surface area contributed by atoms with E-state index in [0.717, 1.165) is 0 Å². The molecule has 0 radical (unpaired) electrons. The van der Waals surface area contributed by atoms with Gasteiger partial charge in [0.25, 0.3) is 0 Å². The fourth-order valence-electron chi connectivity index (χ4n) is 2.09. The van der Waals surface area contributed by atoms with E-state index in [-0.39, 0.29) is 24.2 Å². The molecule has 0 heterocycles. The second-order valence-electron chi connectivity index (χ2n) is 5.78. The van der Waals surface area contributed by atoms with Crippen molar-refractivity contribution in [2.45, 2.75) is 39.5 Å². The van der Waals surface area contributed by atoms with Crippen LogP contribution in [0.25, 0.3) is 0 Å². The molecule has 0 saturated carbocycles. The lowest BCUT2D eigenvalue weighted by Crippen LogP contribution is -2.13. The van der Waals surface area contributed by atoms with Crippen LogP contribution in [0.4, 0.5) is 8.78 Å². The molecule has 0 saturated heterocycles. The van der Waals surface area contributed by atoms with Crippen LogP contribution in [0, 0.1) is 11.6 Å². The molecule has 0 aliphatic heterocycles. The topological polar surface area (TPSA) is 27.7 Å². The number of ether oxygens (including phenoxy) is 3. The van der Waals surface area contributed by atoms with Crippen LogP contribution in [0.5, 0.6) is 5.75 Å². The third-order valence-corrected chi connectivity index (χ3v) is 3.37.